The van der Waals surface area contributed by atoms with Gasteiger partial charge in [0, 0.05) is 30.2 Å². The van der Waals surface area contributed by atoms with E-state index >= 15 is 0 Å². The number of aryl methyl sites for hydroxylation is 1. The largest absolute Gasteiger partial charge is 0.455 e. The maximum atomic E-state index is 14.1. The van der Waals surface area contributed by atoms with Gasteiger partial charge in [0.25, 0.3) is 11.8 Å². The highest BCUT2D eigenvalue weighted by molar-refractivity contribution is 7.97. The third-order valence-electron chi connectivity index (χ3n) is 4.06. The van der Waals surface area contributed by atoms with Crippen LogP contribution in [0.2, 0.25) is 0 Å². The lowest BCUT2D eigenvalue weighted by atomic mass is 10.1. The summed E-state index contributed by atoms with van der Waals surface area (Å²) in [7, 11) is 1.60. The first kappa shape index (κ1) is 20.7. The van der Waals surface area contributed by atoms with Crippen molar-refractivity contribution in [2.24, 2.45) is 0 Å². The van der Waals surface area contributed by atoms with Crippen LogP contribution in [-0.2, 0) is 12.3 Å². The van der Waals surface area contributed by atoms with Gasteiger partial charge < -0.3 is 19.6 Å². The quantitative estimate of drug-likeness (QED) is 0.611. The Morgan fingerprint density at radius 2 is 2.10 bits per heavy atom. The molecule has 0 aliphatic rings. The maximum Gasteiger partial charge on any atom is 0.291 e. The van der Waals surface area contributed by atoms with Crippen molar-refractivity contribution in [2.75, 3.05) is 18.6 Å². The van der Waals surface area contributed by atoms with E-state index in [0.717, 1.165) is 17.8 Å². The zero-order chi connectivity index (χ0) is 21.0. The van der Waals surface area contributed by atoms with Crippen LogP contribution in [0.15, 0.2) is 40.9 Å². The third-order valence-corrected chi connectivity index (χ3v) is 4.64. The number of halogens is 1. The van der Waals surface area contributed by atoms with Crippen molar-refractivity contribution in [3.63, 3.8) is 0 Å². The minimum Gasteiger partial charge on any atom is -0.455 e. The molecular weight excluding hydrogens is 395 g/mol. The summed E-state index contributed by atoms with van der Waals surface area (Å²) in [5.74, 6) is 0.533. The highest BCUT2D eigenvalue weighted by Gasteiger charge is 2.17. The third kappa shape index (κ3) is 5.26. The number of benzene rings is 1. The van der Waals surface area contributed by atoms with Crippen LogP contribution in [-0.4, -0.2) is 40.0 Å². The molecule has 152 valence electrons. The summed E-state index contributed by atoms with van der Waals surface area (Å²) in [6.07, 6.45) is 3.60. The number of aromatic nitrogens is 2. The molecule has 0 spiro atoms. The zero-order valence-corrected chi connectivity index (χ0v) is 17.1. The van der Waals surface area contributed by atoms with E-state index in [2.05, 4.69) is 15.3 Å². The molecule has 0 fully saturated rings. The Hall–Kier alpha value is -3.07. The number of furan rings is 1. The van der Waals surface area contributed by atoms with Crippen molar-refractivity contribution >= 4 is 29.3 Å². The lowest BCUT2D eigenvalue weighted by Crippen LogP contribution is -2.27. The van der Waals surface area contributed by atoms with E-state index in [-0.39, 0.29) is 23.6 Å². The number of nitrogens with one attached hydrogen (secondary N) is 2. The summed E-state index contributed by atoms with van der Waals surface area (Å²) in [6.45, 7) is 2.11. The van der Waals surface area contributed by atoms with Gasteiger partial charge in [-0.3, -0.25) is 9.59 Å². The minimum absolute atomic E-state index is 0.119. The number of hydrogen-bond acceptors (Lipinski definition) is 5. The van der Waals surface area contributed by atoms with Crippen LogP contribution in [0, 0.1) is 12.7 Å². The second-order valence-corrected chi connectivity index (χ2v) is 7.42. The average Bonchev–Trinajstić information content (AvgIpc) is 3.30. The normalized spacial score (nSPS) is 10.8. The second kappa shape index (κ2) is 8.95. The van der Waals surface area contributed by atoms with E-state index < -0.39 is 17.6 Å². The lowest BCUT2D eigenvalue weighted by molar-refractivity contribution is 0.0781. The summed E-state index contributed by atoms with van der Waals surface area (Å²) in [6, 6.07) is 6.99. The fraction of sp³-hybridized carbons (Fsp3) is 0.250. The predicted molar refractivity (Wildman–Crippen MR) is 109 cm³/mol. The topological polar surface area (TPSA) is 91.2 Å². The van der Waals surface area contributed by atoms with Crippen LogP contribution in [0.4, 0.5) is 10.1 Å². The minimum atomic E-state index is -0.629. The van der Waals surface area contributed by atoms with Crippen molar-refractivity contribution < 1.29 is 18.4 Å². The van der Waals surface area contributed by atoms with E-state index in [4.69, 9.17) is 4.42 Å². The molecule has 0 atom stereocenters. The number of amides is 2. The number of carbonyl (C=O) groups excluding carboxylic acids is 2. The van der Waals surface area contributed by atoms with Crippen LogP contribution in [0.3, 0.4) is 0 Å². The van der Waals surface area contributed by atoms with Gasteiger partial charge in [0.05, 0.1) is 12.3 Å². The molecule has 29 heavy (non-hydrogen) atoms. The van der Waals surface area contributed by atoms with Gasteiger partial charge in [-0.1, -0.05) is 0 Å². The van der Waals surface area contributed by atoms with Crippen LogP contribution in [0.1, 0.15) is 38.2 Å². The van der Waals surface area contributed by atoms with Crippen LogP contribution >= 0.6 is 11.8 Å². The van der Waals surface area contributed by atoms with E-state index in [9.17, 15) is 14.0 Å². The van der Waals surface area contributed by atoms with Gasteiger partial charge in [-0.05, 0) is 43.5 Å². The molecule has 0 bridgehead atoms. The van der Waals surface area contributed by atoms with Crippen LogP contribution < -0.4 is 5.32 Å². The van der Waals surface area contributed by atoms with E-state index in [1.807, 2.05) is 13.2 Å². The fourth-order valence-corrected chi connectivity index (χ4v) is 3.20. The van der Waals surface area contributed by atoms with Gasteiger partial charge in [-0.2, -0.15) is 11.8 Å². The number of aromatic amines is 1. The van der Waals surface area contributed by atoms with Crippen molar-refractivity contribution in [3.8, 4) is 0 Å². The number of nitrogens with zero attached hydrogens (tertiary/aromatic N) is 2. The monoisotopic (exact) mass is 416 g/mol. The molecule has 2 heterocycles. The highest BCUT2D eigenvalue weighted by Crippen LogP contribution is 2.19. The summed E-state index contributed by atoms with van der Waals surface area (Å²) >= 11 is 1.57. The van der Waals surface area contributed by atoms with E-state index in [1.54, 1.807) is 37.1 Å². The molecule has 3 aromatic rings. The summed E-state index contributed by atoms with van der Waals surface area (Å²) < 4.78 is 19.5. The Balaban J connectivity index is 1.72. The molecule has 2 N–H and O–H groups in total. The number of imidazole rings is 1. The van der Waals surface area contributed by atoms with Crippen molar-refractivity contribution in [1.29, 1.82) is 0 Å². The van der Waals surface area contributed by atoms with Gasteiger partial charge in [-0.15, -0.1) is 0 Å². The SMILES string of the molecule is CSCc1ccc(C(=O)Nc2cc(F)cc(C(=O)N(C)Cc3ncc(C)[nH]3)c2)o1. The van der Waals surface area contributed by atoms with Crippen molar-refractivity contribution in [3.05, 3.63) is 70.9 Å². The molecule has 1 aromatic carbocycles. The average molecular weight is 416 g/mol. The maximum absolute atomic E-state index is 14.1. The molecule has 9 heteroatoms. The molecule has 0 aliphatic carbocycles. The summed E-state index contributed by atoms with van der Waals surface area (Å²) in [5.41, 5.74) is 1.17. The van der Waals surface area contributed by atoms with Gasteiger partial charge in [0.15, 0.2) is 5.76 Å². The van der Waals surface area contributed by atoms with Gasteiger partial charge in [-0.25, -0.2) is 9.37 Å². The number of carbonyl (C=O) groups is 2. The Labute approximate surface area is 171 Å². The molecule has 7 nitrogen and oxygen atoms in total. The van der Waals surface area contributed by atoms with Gasteiger partial charge in [0.1, 0.15) is 17.4 Å². The fourth-order valence-electron chi connectivity index (χ4n) is 2.76. The molecule has 0 aliphatic heterocycles. The van der Waals surface area contributed by atoms with Gasteiger partial charge >= 0.3 is 0 Å². The molecule has 0 unspecified atom stereocenters. The molecule has 3 rings (SSSR count). The Bertz CT molecular complexity index is 1030. The molecule has 0 saturated carbocycles. The molecule has 0 radical (unpaired) electrons. The van der Waals surface area contributed by atoms with Gasteiger partial charge in [0.2, 0.25) is 0 Å². The Morgan fingerprint density at radius 1 is 1.31 bits per heavy atom. The molecule has 2 amide bonds. The van der Waals surface area contributed by atoms with E-state index in [1.165, 1.54) is 11.0 Å². The smallest absolute Gasteiger partial charge is 0.291 e. The summed E-state index contributed by atoms with van der Waals surface area (Å²) in [5, 5.41) is 2.57. The number of H-pyrrole nitrogens is 1. The molecule has 2 aromatic heterocycles. The number of rotatable bonds is 7. The first-order valence-electron chi connectivity index (χ1n) is 8.81. The zero-order valence-electron chi connectivity index (χ0n) is 16.3. The lowest BCUT2D eigenvalue weighted by Gasteiger charge is -2.16. The standard InChI is InChI=1S/C20H21FN4O3S/c1-12-9-22-18(23-12)10-25(2)20(27)13-6-14(21)8-15(7-13)24-19(26)17-5-4-16(28-17)11-29-3/h4-9H,10-11H2,1-3H3,(H,22,23)(H,24,26). The number of thioether (sulfide) groups is 1. The highest BCUT2D eigenvalue weighted by atomic mass is 32.2. The summed E-state index contributed by atoms with van der Waals surface area (Å²) in [4.78, 5) is 33.7. The first-order valence-corrected chi connectivity index (χ1v) is 10.2. The Kier molecular flexibility index (Phi) is 6.38. The Morgan fingerprint density at radius 3 is 2.79 bits per heavy atom. The van der Waals surface area contributed by atoms with Crippen molar-refractivity contribution in [2.45, 2.75) is 19.2 Å². The van der Waals surface area contributed by atoms with Crippen LogP contribution in [0.5, 0.6) is 0 Å². The number of hydrogen-bond donors (Lipinski definition) is 2. The second-order valence-electron chi connectivity index (χ2n) is 6.56. The molecular formula is C20H21FN4O3S. The molecule has 0 saturated heterocycles. The van der Waals surface area contributed by atoms with E-state index in [0.29, 0.717) is 17.3 Å². The first-order chi connectivity index (χ1) is 13.9. The van der Waals surface area contributed by atoms with Crippen LogP contribution in [0.25, 0.3) is 0 Å². The predicted octanol–water partition coefficient (Wildman–Crippen LogP) is 3.84. The number of anilines is 1. The van der Waals surface area contributed by atoms with Crippen molar-refractivity contribution in [1.82, 2.24) is 14.9 Å².